The van der Waals surface area contributed by atoms with E-state index in [1.165, 1.54) is 5.56 Å². The number of ketones is 1. The van der Waals surface area contributed by atoms with Gasteiger partial charge in [0.05, 0.1) is 5.75 Å². The number of nitrogens with two attached hydrogens (primary N) is 1. The van der Waals surface area contributed by atoms with Gasteiger partial charge in [-0.1, -0.05) is 42.5 Å². The minimum Gasteiger partial charge on any atom is -0.399 e. The third-order valence-corrected chi connectivity index (χ3v) is 3.58. The highest BCUT2D eigenvalue weighted by Gasteiger charge is 2.04. The van der Waals surface area contributed by atoms with Crippen LogP contribution >= 0.6 is 11.8 Å². The van der Waals surface area contributed by atoms with Crippen molar-refractivity contribution in [3.05, 3.63) is 65.7 Å². The van der Waals surface area contributed by atoms with Crippen LogP contribution in [-0.2, 0) is 5.75 Å². The minimum absolute atomic E-state index is 0.177. The summed E-state index contributed by atoms with van der Waals surface area (Å²) in [5.74, 6) is 1.52. The summed E-state index contributed by atoms with van der Waals surface area (Å²) >= 11 is 1.62. The quantitative estimate of drug-likeness (QED) is 0.659. The SMILES string of the molecule is Nc1ccc(CSCC(=O)c2ccccc2)cc1. The second kappa shape index (κ2) is 6.26. The second-order valence-electron chi connectivity index (χ2n) is 4.02. The molecule has 0 unspecified atom stereocenters. The Kier molecular flexibility index (Phi) is 4.42. The van der Waals surface area contributed by atoms with Gasteiger partial charge in [-0.15, -0.1) is 11.8 Å². The monoisotopic (exact) mass is 257 g/mol. The fraction of sp³-hybridized carbons (Fsp3) is 0.133. The lowest BCUT2D eigenvalue weighted by atomic mass is 10.2. The van der Waals surface area contributed by atoms with Crippen molar-refractivity contribution in [2.24, 2.45) is 0 Å². The molecule has 2 aromatic rings. The van der Waals surface area contributed by atoms with E-state index >= 15 is 0 Å². The van der Waals surface area contributed by atoms with Gasteiger partial charge in [0.25, 0.3) is 0 Å². The molecule has 0 spiro atoms. The highest BCUT2D eigenvalue weighted by molar-refractivity contribution is 7.99. The third kappa shape index (κ3) is 3.64. The van der Waals surface area contributed by atoms with E-state index in [1.807, 2.05) is 54.6 Å². The van der Waals surface area contributed by atoms with Crippen LogP contribution < -0.4 is 5.73 Å². The molecule has 0 bridgehead atoms. The summed E-state index contributed by atoms with van der Waals surface area (Å²) < 4.78 is 0. The molecule has 0 amide bonds. The Morgan fingerprint density at radius 3 is 2.33 bits per heavy atom. The summed E-state index contributed by atoms with van der Waals surface area (Å²) in [5.41, 5.74) is 8.36. The van der Waals surface area contributed by atoms with Crippen LogP contribution in [-0.4, -0.2) is 11.5 Å². The highest BCUT2D eigenvalue weighted by Crippen LogP contribution is 2.15. The molecule has 0 atom stereocenters. The van der Waals surface area contributed by atoms with Crippen molar-refractivity contribution in [3.8, 4) is 0 Å². The first-order valence-corrected chi connectivity index (χ1v) is 6.91. The fourth-order valence-corrected chi connectivity index (χ4v) is 2.47. The molecule has 2 nitrogen and oxygen atoms in total. The van der Waals surface area contributed by atoms with Crippen LogP contribution in [0.15, 0.2) is 54.6 Å². The number of thioether (sulfide) groups is 1. The minimum atomic E-state index is 0.177. The van der Waals surface area contributed by atoms with E-state index in [0.29, 0.717) is 5.75 Å². The number of hydrogen-bond donors (Lipinski definition) is 1. The number of nitrogen functional groups attached to an aromatic ring is 1. The van der Waals surface area contributed by atoms with Gasteiger partial charge in [0.2, 0.25) is 0 Å². The maximum Gasteiger partial charge on any atom is 0.172 e. The molecule has 0 aromatic heterocycles. The third-order valence-electron chi connectivity index (χ3n) is 2.58. The first kappa shape index (κ1) is 12.7. The summed E-state index contributed by atoms with van der Waals surface area (Å²) in [5, 5.41) is 0. The van der Waals surface area contributed by atoms with E-state index in [2.05, 4.69) is 0 Å². The van der Waals surface area contributed by atoms with E-state index in [0.717, 1.165) is 17.0 Å². The van der Waals surface area contributed by atoms with Gasteiger partial charge in [-0.3, -0.25) is 4.79 Å². The van der Waals surface area contributed by atoms with Gasteiger partial charge in [-0.25, -0.2) is 0 Å². The van der Waals surface area contributed by atoms with Crippen molar-refractivity contribution < 1.29 is 4.79 Å². The molecule has 2 aromatic carbocycles. The summed E-state index contributed by atoms with van der Waals surface area (Å²) in [7, 11) is 0. The van der Waals surface area contributed by atoms with Gasteiger partial charge in [0.15, 0.2) is 5.78 Å². The molecule has 0 saturated heterocycles. The largest absolute Gasteiger partial charge is 0.399 e. The molecule has 0 heterocycles. The Labute approximate surface area is 111 Å². The number of carbonyl (C=O) groups excluding carboxylic acids is 1. The lowest BCUT2D eigenvalue weighted by molar-refractivity contribution is 0.102. The fourth-order valence-electron chi connectivity index (χ4n) is 1.58. The number of rotatable bonds is 5. The van der Waals surface area contributed by atoms with E-state index in [4.69, 9.17) is 5.73 Å². The summed E-state index contributed by atoms with van der Waals surface area (Å²) in [6.45, 7) is 0. The number of carbonyl (C=O) groups is 1. The average molecular weight is 257 g/mol. The van der Waals surface area contributed by atoms with Crippen LogP contribution in [0.3, 0.4) is 0 Å². The van der Waals surface area contributed by atoms with Crippen LogP contribution in [0.2, 0.25) is 0 Å². The maximum atomic E-state index is 11.8. The van der Waals surface area contributed by atoms with Crippen molar-refractivity contribution in [1.29, 1.82) is 0 Å². The molecular weight excluding hydrogens is 242 g/mol. The van der Waals surface area contributed by atoms with E-state index < -0.39 is 0 Å². The first-order valence-electron chi connectivity index (χ1n) is 5.76. The zero-order chi connectivity index (χ0) is 12.8. The Hall–Kier alpha value is -1.74. The molecule has 2 rings (SSSR count). The predicted octanol–water partition coefficient (Wildman–Crippen LogP) is 3.38. The molecule has 92 valence electrons. The number of benzene rings is 2. The van der Waals surface area contributed by atoms with Crippen molar-refractivity contribution in [1.82, 2.24) is 0 Å². The Morgan fingerprint density at radius 1 is 1.00 bits per heavy atom. The van der Waals surface area contributed by atoms with Crippen molar-refractivity contribution >= 4 is 23.2 Å². The summed E-state index contributed by atoms with van der Waals surface area (Å²) in [6.07, 6.45) is 0. The molecular formula is C15H15NOS. The Morgan fingerprint density at radius 2 is 1.67 bits per heavy atom. The second-order valence-corrected chi connectivity index (χ2v) is 5.01. The zero-order valence-corrected chi connectivity index (χ0v) is 10.8. The van der Waals surface area contributed by atoms with E-state index in [-0.39, 0.29) is 5.78 Å². The zero-order valence-electron chi connectivity index (χ0n) is 10.0. The van der Waals surface area contributed by atoms with Crippen LogP contribution in [0.25, 0.3) is 0 Å². The molecule has 18 heavy (non-hydrogen) atoms. The van der Waals surface area contributed by atoms with Crippen molar-refractivity contribution in [2.75, 3.05) is 11.5 Å². The van der Waals surface area contributed by atoms with Gasteiger partial charge in [0.1, 0.15) is 0 Å². The summed E-state index contributed by atoms with van der Waals surface area (Å²) in [6, 6.07) is 17.2. The molecule has 0 radical (unpaired) electrons. The highest BCUT2D eigenvalue weighted by atomic mass is 32.2. The first-order chi connectivity index (χ1) is 8.75. The molecule has 0 aliphatic carbocycles. The summed E-state index contributed by atoms with van der Waals surface area (Å²) in [4.78, 5) is 11.8. The van der Waals surface area contributed by atoms with E-state index in [1.54, 1.807) is 11.8 Å². The lowest BCUT2D eigenvalue weighted by Gasteiger charge is -2.02. The standard InChI is InChI=1S/C15H15NOS/c16-14-8-6-12(7-9-14)10-18-11-15(17)13-4-2-1-3-5-13/h1-9H,10-11,16H2. The molecule has 3 heteroatoms. The Balaban J connectivity index is 1.82. The number of anilines is 1. The molecule has 0 aliphatic heterocycles. The van der Waals surface area contributed by atoms with Gasteiger partial charge >= 0.3 is 0 Å². The van der Waals surface area contributed by atoms with Gasteiger partial charge in [-0.05, 0) is 17.7 Å². The van der Waals surface area contributed by atoms with Crippen LogP contribution in [0.4, 0.5) is 5.69 Å². The molecule has 0 fully saturated rings. The Bertz CT molecular complexity index is 508. The molecule has 0 saturated carbocycles. The molecule has 2 N–H and O–H groups in total. The molecule has 0 aliphatic rings. The smallest absolute Gasteiger partial charge is 0.172 e. The van der Waals surface area contributed by atoms with Crippen LogP contribution in [0.1, 0.15) is 15.9 Å². The van der Waals surface area contributed by atoms with Crippen LogP contribution in [0, 0.1) is 0 Å². The topological polar surface area (TPSA) is 43.1 Å². The average Bonchev–Trinajstić information content (AvgIpc) is 2.42. The number of Topliss-reactive ketones (excluding diaryl/α,β-unsaturated/α-hetero) is 1. The van der Waals surface area contributed by atoms with Gasteiger partial charge in [-0.2, -0.15) is 0 Å². The van der Waals surface area contributed by atoms with Crippen molar-refractivity contribution in [3.63, 3.8) is 0 Å². The van der Waals surface area contributed by atoms with E-state index in [9.17, 15) is 4.79 Å². The van der Waals surface area contributed by atoms with Gasteiger partial charge in [0, 0.05) is 17.0 Å². The number of hydrogen-bond acceptors (Lipinski definition) is 3. The van der Waals surface area contributed by atoms with Gasteiger partial charge < -0.3 is 5.73 Å². The van der Waals surface area contributed by atoms with Crippen LogP contribution in [0.5, 0.6) is 0 Å². The predicted molar refractivity (Wildman–Crippen MR) is 77.8 cm³/mol. The lowest BCUT2D eigenvalue weighted by Crippen LogP contribution is -2.02. The van der Waals surface area contributed by atoms with Crippen molar-refractivity contribution in [2.45, 2.75) is 5.75 Å². The normalized spacial score (nSPS) is 10.2. The maximum absolute atomic E-state index is 11.8.